The highest BCUT2D eigenvalue weighted by Crippen LogP contribution is 2.21. The van der Waals surface area contributed by atoms with Crippen LogP contribution in [0.5, 0.6) is 0 Å². The van der Waals surface area contributed by atoms with Gasteiger partial charge in [-0.15, -0.1) is 0 Å². The summed E-state index contributed by atoms with van der Waals surface area (Å²) in [6.45, 7) is 6.70. The van der Waals surface area contributed by atoms with Crippen molar-refractivity contribution in [1.29, 1.82) is 0 Å². The first-order valence-corrected chi connectivity index (χ1v) is 6.49. The van der Waals surface area contributed by atoms with Crippen molar-refractivity contribution in [2.24, 2.45) is 0 Å². The minimum atomic E-state index is -0.337. The number of hydrogen-bond donors (Lipinski definition) is 2. The maximum atomic E-state index is 11.7. The highest BCUT2D eigenvalue weighted by Gasteiger charge is 2.23. The Labute approximate surface area is 118 Å². The number of urea groups is 1. The molecule has 20 heavy (non-hydrogen) atoms. The van der Waals surface area contributed by atoms with Crippen molar-refractivity contribution >= 4 is 23.5 Å². The summed E-state index contributed by atoms with van der Waals surface area (Å²) in [6, 6.07) is 6.80. The summed E-state index contributed by atoms with van der Waals surface area (Å²) in [4.78, 5) is 24.7. The second-order valence-corrected chi connectivity index (χ2v) is 5.64. The summed E-state index contributed by atoms with van der Waals surface area (Å²) < 4.78 is 4.88. The third-order valence-corrected chi connectivity index (χ3v) is 2.69. The fraction of sp³-hybridized carbons (Fsp3) is 0.429. The Kier molecular flexibility index (Phi) is 3.83. The molecule has 0 bridgehead atoms. The molecule has 108 valence electrons. The zero-order valence-corrected chi connectivity index (χ0v) is 11.9. The van der Waals surface area contributed by atoms with Gasteiger partial charge in [-0.25, -0.2) is 9.59 Å². The maximum absolute atomic E-state index is 11.7. The van der Waals surface area contributed by atoms with Gasteiger partial charge in [-0.2, -0.15) is 0 Å². The van der Waals surface area contributed by atoms with E-state index in [9.17, 15) is 9.59 Å². The molecule has 0 spiro atoms. The van der Waals surface area contributed by atoms with Crippen LogP contribution in [0.3, 0.4) is 0 Å². The van der Waals surface area contributed by atoms with Crippen LogP contribution >= 0.6 is 0 Å². The second-order valence-electron chi connectivity index (χ2n) is 5.64. The van der Waals surface area contributed by atoms with E-state index in [2.05, 4.69) is 10.6 Å². The third-order valence-electron chi connectivity index (χ3n) is 2.69. The number of nitrogens with one attached hydrogen (secondary N) is 2. The van der Waals surface area contributed by atoms with Gasteiger partial charge in [0.15, 0.2) is 0 Å². The molecule has 1 aromatic carbocycles. The lowest BCUT2D eigenvalue weighted by Crippen LogP contribution is -2.43. The fourth-order valence-electron chi connectivity index (χ4n) is 1.86. The molecule has 0 aromatic heterocycles. The molecule has 0 unspecified atom stereocenters. The Morgan fingerprint density at radius 1 is 1.25 bits per heavy atom. The number of hydrogen-bond acceptors (Lipinski definition) is 3. The number of ether oxygens (including phenoxy) is 1. The lowest BCUT2D eigenvalue weighted by molar-refractivity contribution is 0.181. The van der Waals surface area contributed by atoms with Gasteiger partial charge in [-0.3, -0.25) is 4.90 Å². The summed E-state index contributed by atoms with van der Waals surface area (Å²) in [7, 11) is 0. The Morgan fingerprint density at radius 3 is 2.40 bits per heavy atom. The van der Waals surface area contributed by atoms with Crippen molar-refractivity contribution in [3.05, 3.63) is 24.3 Å². The van der Waals surface area contributed by atoms with E-state index in [0.29, 0.717) is 18.8 Å². The van der Waals surface area contributed by atoms with Crippen molar-refractivity contribution in [3.8, 4) is 0 Å². The molecule has 1 heterocycles. The summed E-state index contributed by atoms with van der Waals surface area (Å²) >= 11 is 0. The molecule has 0 aliphatic carbocycles. The Balaban J connectivity index is 1.98. The topological polar surface area (TPSA) is 70.7 Å². The number of carbonyl (C=O) groups is 2. The van der Waals surface area contributed by atoms with Crippen molar-refractivity contribution in [2.45, 2.75) is 26.3 Å². The number of anilines is 2. The molecule has 0 atom stereocenters. The van der Waals surface area contributed by atoms with E-state index >= 15 is 0 Å². The van der Waals surface area contributed by atoms with Crippen molar-refractivity contribution < 1.29 is 14.3 Å². The molecular weight excluding hydrogens is 258 g/mol. The number of cyclic esters (lactones) is 1. The first-order valence-electron chi connectivity index (χ1n) is 6.49. The van der Waals surface area contributed by atoms with Crippen LogP contribution in [0.2, 0.25) is 0 Å². The van der Waals surface area contributed by atoms with Gasteiger partial charge in [0.1, 0.15) is 6.61 Å². The predicted molar refractivity (Wildman–Crippen MR) is 77.0 cm³/mol. The van der Waals surface area contributed by atoms with E-state index in [-0.39, 0.29) is 17.7 Å². The number of benzene rings is 1. The fourth-order valence-corrected chi connectivity index (χ4v) is 1.86. The highest BCUT2D eigenvalue weighted by atomic mass is 16.6. The van der Waals surface area contributed by atoms with E-state index in [0.717, 1.165) is 5.69 Å². The molecule has 1 aliphatic heterocycles. The van der Waals surface area contributed by atoms with Crippen LogP contribution in [0.4, 0.5) is 21.0 Å². The van der Waals surface area contributed by atoms with Gasteiger partial charge in [0, 0.05) is 16.9 Å². The van der Waals surface area contributed by atoms with Gasteiger partial charge in [-0.05, 0) is 45.0 Å². The van der Waals surface area contributed by atoms with E-state index in [4.69, 9.17) is 4.74 Å². The van der Waals surface area contributed by atoms with Gasteiger partial charge < -0.3 is 15.4 Å². The number of amides is 3. The van der Waals surface area contributed by atoms with E-state index < -0.39 is 0 Å². The van der Waals surface area contributed by atoms with Crippen LogP contribution in [0.15, 0.2) is 24.3 Å². The smallest absolute Gasteiger partial charge is 0.414 e. The van der Waals surface area contributed by atoms with Crippen LogP contribution in [0, 0.1) is 0 Å². The summed E-state index contributed by atoms with van der Waals surface area (Å²) in [6.07, 6.45) is -0.337. The molecular formula is C14H19N3O3. The van der Waals surface area contributed by atoms with E-state index in [1.165, 1.54) is 0 Å². The molecule has 6 nitrogen and oxygen atoms in total. The second kappa shape index (κ2) is 5.40. The number of nitrogens with zero attached hydrogens (tertiary/aromatic N) is 1. The minimum Gasteiger partial charge on any atom is -0.447 e. The summed E-state index contributed by atoms with van der Waals surface area (Å²) in [5.41, 5.74) is 1.14. The van der Waals surface area contributed by atoms with Crippen LogP contribution in [0.25, 0.3) is 0 Å². The van der Waals surface area contributed by atoms with E-state index in [1.807, 2.05) is 20.8 Å². The molecule has 0 radical (unpaired) electrons. The zero-order valence-electron chi connectivity index (χ0n) is 11.9. The monoisotopic (exact) mass is 277 g/mol. The zero-order chi connectivity index (χ0) is 14.8. The standard InChI is InChI=1S/C14H19N3O3/c1-14(2,3)16-12(18)15-10-4-6-11(7-5-10)17-8-9-20-13(17)19/h4-7H,8-9H2,1-3H3,(H2,15,16,18). The van der Waals surface area contributed by atoms with Crippen LogP contribution in [0.1, 0.15) is 20.8 Å². The summed E-state index contributed by atoms with van der Waals surface area (Å²) in [5, 5.41) is 5.55. The molecule has 2 rings (SSSR count). The molecule has 1 fully saturated rings. The quantitative estimate of drug-likeness (QED) is 0.872. The minimum absolute atomic E-state index is 0.258. The van der Waals surface area contributed by atoms with Gasteiger partial charge in [0.2, 0.25) is 0 Å². The lowest BCUT2D eigenvalue weighted by atomic mass is 10.1. The van der Waals surface area contributed by atoms with Crippen molar-refractivity contribution in [3.63, 3.8) is 0 Å². The van der Waals surface area contributed by atoms with Gasteiger partial charge >= 0.3 is 12.1 Å². The largest absolute Gasteiger partial charge is 0.447 e. The van der Waals surface area contributed by atoms with Gasteiger partial charge in [-0.1, -0.05) is 0 Å². The molecule has 1 aromatic rings. The molecule has 6 heteroatoms. The molecule has 2 N–H and O–H groups in total. The lowest BCUT2D eigenvalue weighted by Gasteiger charge is -2.21. The number of carbonyl (C=O) groups excluding carboxylic acids is 2. The van der Waals surface area contributed by atoms with Crippen LogP contribution in [-0.4, -0.2) is 30.8 Å². The van der Waals surface area contributed by atoms with Crippen LogP contribution in [-0.2, 0) is 4.74 Å². The molecule has 3 amide bonds. The Morgan fingerprint density at radius 2 is 1.90 bits per heavy atom. The Hall–Kier alpha value is -2.24. The van der Waals surface area contributed by atoms with Crippen LogP contribution < -0.4 is 15.5 Å². The average Bonchev–Trinajstić information content (AvgIpc) is 2.74. The molecule has 1 saturated heterocycles. The predicted octanol–water partition coefficient (Wildman–Crippen LogP) is 2.56. The van der Waals surface area contributed by atoms with Crippen molar-refractivity contribution in [2.75, 3.05) is 23.4 Å². The highest BCUT2D eigenvalue weighted by molar-refractivity contribution is 5.92. The normalized spacial score (nSPS) is 14.9. The SMILES string of the molecule is CC(C)(C)NC(=O)Nc1ccc(N2CCOC2=O)cc1. The van der Waals surface area contributed by atoms with E-state index in [1.54, 1.807) is 29.2 Å². The Bertz CT molecular complexity index is 505. The first-order chi connectivity index (χ1) is 9.35. The summed E-state index contributed by atoms with van der Waals surface area (Å²) in [5.74, 6) is 0. The van der Waals surface area contributed by atoms with Gasteiger partial charge in [0.05, 0.1) is 6.54 Å². The van der Waals surface area contributed by atoms with Crippen molar-refractivity contribution in [1.82, 2.24) is 5.32 Å². The number of rotatable bonds is 2. The maximum Gasteiger partial charge on any atom is 0.414 e. The molecule has 1 aliphatic rings. The first kappa shape index (κ1) is 14.2. The molecule has 0 saturated carbocycles. The average molecular weight is 277 g/mol. The third kappa shape index (κ3) is 3.63. The van der Waals surface area contributed by atoms with Gasteiger partial charge in [0.25, 0.3) is 0 Å².